The van der Waals surface area contributed by atoms with Gasteiger partial charge in [0, 0.05) is 20.6 Å². The molecule has 0 fully saturated rings. The summed E-state index contributed by atoms with van der Waals surface area (Å²) < 4.78 is 0. The quantitative estimate of drug-likeness (QED) is 0.718. The van der Waals surface area contributed by atoms with Crippen molar-refractivity contribution in [1.82, 2.24) is 5.32 Å². The van der Waals surface area contributed by atoms with Crippen LogP contribution in [0.5, 0.6) is 0 Å². The van der Waals surface area contributed by atoms with E-state index < -0.39 is 0 Å². The smallest absolute Gasteiger partial charge is 0.242 e. The Morgan fingerprint density at radius 2 is 1.95 bits per heavy atom. The number of carbonyl (C=O) groups excluding carboxylic acids is 1. The van der Waals surface area contributed by atoms with Crippen molar-refractivity contribution < 1.29 is 4.79 Å². The summed E-state index contributed by atoms with van der Waals surface area (Å²) in [6.45, 7) is 4.81. The number of para-hydroxylation sites is 2. The number of nitrogens with zero attached hydrogens (tertiary/aromatic N) is 1. The summed E-state index contributed by atoms with van der Waals surface area (Å²) in [6, 6.07) is 7.76. The zero-order chi connectivity index (χ0) is 15.0. The van der Waals surface area contributed by atoms with Gasteiger partial charge in [-0.3, -0.25) is 4.79 Å². The minimum atomic E-state index is -0.238. The molecule has 4 heteroatoms. The predicted octanol–water partition coefficient (Wildman–Crippen LogP) is 2.86. The first-order valence-corrected chi connectivity index (χ1v) is 7.36. The maximum atomic E-state index is 12.0. The van der Waals surface area contributed by atoms with Gasteiger partial charge in [0.2, 0.25) is 5.91 Å². The monoisotopic (exact) mass is 277 g/mol. The SMILES string of the molecule is CCCCCNC(=O)C(C)Nc1ccccc1N(C)C. The van der Waals surface area contributed by atoms with Crippen LogP contribution < -0.4 is 15.5 Å². The van der Waals surface area contributed by atoms with Crippen LogP contribution in [-0.2, 0) is 4.79 Å². The highest BCUT2D eigenvalue weighted by Gasteiger charge is 2.13. The molecule has 0 saturated heterocycles. The summed E-state index contributed by atoms with van der Waals surface area (Å²) in [5.74, 6) is 0.0506. The largest absolute Gasteiger partial charge is 0.376 e. The molecule has 1 atom stereocenters. The average Bonchev–Trinajstić information content (AvgIpc) is 2.43. The van der Waals surface area contributed by atoms with Crippen LogP contribution in [-0.4, -0.2) is 32.6 Å². The van der Waals surface area contributed by atoms with Crippen molar-refractivity contribution in [2.24, 2.45) is 0 Å². The Labute approximate surface area is 122 Å². The minimum Gasteiger partial charge on any atom is -0.376 e. The van der Waals surface area contributed by atoms with Crippen LogP contribution in [0.1, 0.15) is 33.1 Å². The number of rotatable bonds is 8. The number of unbranched alkanes of at least 4 members (excludes halogenated alkanes) is 2. The third-order valence-electron chi connectivity index (χ3n) is 3.23. The molecule has 0 aromatic heterocycles. The van der Waals surface area contributed by atoms with Crippen LogP contribution >= 0.6 is 0 Å². The fourth-order valence-electron chi connectivity index (χ4n) is 2.02. The fraction of sp³-hybridized carbons (Fsp3) is 0.562. The van der Waals surface area contributed by atoms with Gasteiger partial charge in [-0.15, -0.1) is 0 Å². The zero-order valence-electron chi connectivity index (χ0n) is 13.1. The summed E-state index contributed by atoms with van der Waals surface area (Å²) >= 11 is 0. The van der Waals surface area contributed by atoms with Gasteiger partial charge in [0.25, 0.3) is 0 Å². The van der Waals surface area contributed by atoms with Crippen molar-refractivity contribution in [2.45, 2.75) is 39.2 Å². The van der Waals surface area contributed by atoms with Crippen molar-refractivity contribution >= 4 is 17.3 Å². The van der Waals surface area contributed by atoms with E-state index in [1.165, 1.54) is 6.42 Å². The molecular formula is C16H27N3O. The van der Waals surface area contributed by atoms with Crippen molar-refractivity contribution in [3.05, 3.63) is 24.3 Å². The number of benzene rings is 1. The highest BCUT2D eigenvalue weighted by atomic mass is 16.2. The van der Waals surface area contributed by atoms with Gasteiger partial charge in [0.15, 0.2) is 0 Å². The molecule has 1 unspecified atom stereocenters. The van der Waals surface area contributed by atoms with E-state index in [0.29, 0.717) is 0 Å². The van der Waals surface area contributed by atoms with Gasteiger partial charge in [0.1, 0.15) is 6.04 Å². The fourth-order valence-corrected chi connectivity index (χ4v) is 2.02. The number of nitrogens with one attached hydrogen (secondary N) is 2. The summed E-state index contributed by atoms with van der Waals surface area (Å²) in [6.07, 6.45) is 3.37. The lowest BCUT2D eigenvalue weighted by Crippen LogP contribution is -2.38. The molecule has 4 nitrogen and oxygen atoms in total. The second-order valence-corrected chi connectivity index (χ2v) is 5.28. The summed E-state index contributed by atoms with van der Waals surface area (Å²) in [4.78, 5) is 14.0. The second-order valence-electron chi connectivity index (χ2n) is 5.28. The van der Waals surface area contributed by atoms with Crippen molar-refractivity contribution in [3.63, 3.8) is 0 Å². The summed E-state index contributed by atoms with van der Waals surface area (Å²) in [5, 5.41) is 6.25. The molecule has 1 rings (SSSR count). The van der Waals surface area contributed by atoms with E-state index in [-0.39, 0.29) is 11.9 Å². The van der Waals surface area contributed by atoms with Gasteiger partial charge in [-0.2, -0.15) is 0 Å². The number of hydrogen-bond acceptors (Lipinski definition) is 3. The summed E-state index contributed by atoms with van der Waals surface area (Å²) in [7, 11) is 3.99. The van der Waals surface area contributed by atoms with Gasteiger partial charge < -0.3 is 15.5 Å². The first-order valence-electron chi connectivity index (χ1n) is 7.36. The zero-order valence-corrected chi connectivity index (χ0v) is 13.1. The first-order chi connectivity index (χ1) is 9.56. The Kier molecular flexibility index (Phi) is 6.91. The maximum absolute atomic E-state index is 12.0. The van der Waals surface area contributed by atoms with Crippen molar-refractivity contribution in [1.29, 1.82) is 0 Å². The molecule has 0 bridgehead atoms. The lowest BCUT2D eigenvalue weighted by Gasteiger charge is -2.21. The molecule has 0 heterocycles. The van der Waals surface area contributed by atoms with E-state index in [1.807, 2.05) is 50.2 Å². The Balaban J connectivity index is 2.53. The molecule has 2 N–H and O–H groups in total. The highest BCUT2D eigenvalue weighted by Crippen LogP contribution is 2.23. The van der Waals surface area contributed by atoms with Crippen LogP contribution in [0.3, 0.4) is 0 Å². The molecule has 1 aromatic rings. The minimum absolute atomic E-state index is 0.0506. The third kappa shape index (κ3) is 5.11. The van der Waals surface area contributed by atoms with E-state index in [1.54, 1.807) is 0 Å². The Morgan fingerprint density at radius 1 is 1.25 bits per heavy atom. The molecule has 0 radical (unpaired) electrons. The molecule has 0 aliphatic rings. The lowest BCUT2D eigenvalue weighted by molar-refractivity contribution is -0.121. The highest BCUT2D eigenvalue weighted by molar-refractivity contribution is 5.85. The molecule has 20 heavy (non-hydrogen) atoms. The molecule has 0 saturated carbocycles. The van der Waals surface area contributed by atoms with Crippen molar-refractivity contribution in [2.75, 3.05) is 30.9 Å². The molecule has 0 aliphatic carbocycles. The topological polar surface area (TPSA) is 44.4 Å². The lowest BCUT2D eigenvalue weighted by atomic mass is 10.2. The predicted molar refractivity (Wildman–Crippen MR) is 86.4 cm³/mol. The number of carbonyl (C=O) groups is 1. The Hall–Kier alpha value is -1.71. The second kappa shape index (κ2) is 8.46. The number of hydrogen-bond donors (Lipinski definition) is 2. The Bertz CT molecular complexity index is 418. The van der Waals surface area contributed by atoms with Crippen LogP contribution in [0.15, 0.2) is 24.3 Å². The average molecular weight is 277 g/mol. The standard InChI is InChI=1S/C16H27N3O/c1-5-6-9-12-17-16(20)13(2)18-14-10-7-8-11-15(14)19(3)4/h7-8,10-11,13,18H,5-6,9,12H2,1-4H3,(H,17,20). The molecular weight excluding hydrogens is 250 g/mol. The van der Waals surface area contributed by atoms with E-state index in [9.17, 15) is 4.79 Å². The van der Waals surface area contributed by atoms with Gasteiger partial charge in [-0.05, 0) is 25.5 Å². The molecule has 1 aromatic carbocycles. The Morgan fingerprint density at radius 3 is 2.60 bits per heavy atom. The van der Waals surface area contributed by atoms with Crippen LogP contribution in [0, 0.1) is 0 Å². The van der Waals surface area contributed by atoms with Gasteiger partial charge in [0.05, 0.1) is 11.4 Å². The first kappa shape index (κ1) is 16.3. The molecule has 1 amide bonds. The third-order valence-corrected chi connectivity index (χ3v) is 3.23. The van der Waals surface area contributed by atoms with Crippen LogP contribution in [0.2, 0.25) is 0 Å². The van der Waals surface area contributed by atoms with Gasteiger partial charge in [-0.25, -0.2) is 0 Å². The number of amides is 1. The van der Waals surface area contributed by atoms with E-state index >= 15 is 0 Å². The maximum Gasteiger partial charge on any atom is 0.242 e. The molecule has 0 spiro atoms. The molecule has 0 aliphatic heterocycles. The number of anilines is 2. The van der Waals surface area contributed by atoms with E-state index in [2.05, 4.69) is 17.6 Å². The summed E-state index contributed by atoms with van der Waals surface area (Å²) in [5.41, 5.74) is 2.06. The van der Waals surface area contributed by atoms with Crippen LogP contribution in [0.4, 0.5) is 11.4 Å². The van der Waals surface area contributed by atoms with Crippen LogP contribution in [0.25, 0.3) is 0 Å². The van der Waals surface area contributed by atoms with E-state index in [0.717, 1.165) is 30.8 Å². The van der Waals surface area contributed by atoms with Gasteiger partial charge in [-0.1, -0.05) is 31.9 Å². The van der Waals surface area contributed by atoms with Crippen molar-refractivity contribution in [3.8, 4) is 0 Å². The molecule has 112 valence electrons. The van der Waals surface area contributed by atoms with Gasteiger partial charge >= 0.3 is 0 Å². The normalized spacial score (nSPS) is 11.8. The van der Waals surface area contributed by atoms with E-state index in [4.69, 9.17) is 0 Å².